The molecule has 0 aromatic carbocycles. The van der Waals surface area contributed by atoms with Gasteiger partial charge < -0.3 is 19.9 Å². The standard InChI is InChI=1S/C25H35F2N5O2/c1-17-11-20(13-32(6)24(17)34-16-25(3,26)27)18(2)31(5)14-21-19(15-33)7-8-28-22(21)12-23-29-9-10-30(23)4/h7-11,15,18,23,29H,12-14,16H2,1-6H3. The van der Waals surface area contributed by atoms with Crippen molar-refractivity contribution in [1.82, 2.24) is 25.0 Å². The number of allylic oxidation sites excluding steroid dienone is 2. The summed E-state index contributed by atoms with van der Waals surface area (Å²) < 4.78 is 31.9. The SMILES string of the molecule is CC1=C(OCC(C)(F)F)N(C)CC(C(C)N(C)Cc2c(C=O)ccnc2CC2NC=CN2C)=C1. The van der Waals surface area contributed by atoms with E-state index in [9.17, 15) is 13.6 Å². The second-order valence-corrected chi connectivity index (χ2v) is 9.32. The molecule has 186 valence electrons. The Bertz CT molecular complexity index is 986. The number of carbonyl (C=O) groups excluding carboxylic acids is 1. The molecule has 0 radical (unpaired) electrons. The van der Waals surface area contributed by atoms with Crippen LogP contribution in [0.4, 0.5) is 8.78 Å². The summed E-state index contributed by atoms with van der Waals surface area (Å²) >= 11 is 0. The maximum absolute atomic E-state index is 13.3. The maximum Gasteiger partial charge on any atom is 0.278 e. The number of rotatable bonds is 10. The zero-order chi connectivity index (χ0) is 25.0. The summed E-state index contributed by atoms with van der Waals surface area (Å²) in [6, 6.07) is 1.80. The number of hydrogen-bond acceptors (Lipinski definition) is 7. The van der Waals surface area contributed by atoms with E-state index >= 15 is 0 Å². The monoisotopic (exact) mass is 475 g/mol. The second kappa shape index (κ2) is 10.5. The first kappa shape index (κ1) is 25.7. The molecule has 9 heteroatoms. The Kier molecular flexibility index (Phi) is 7.97. The molecular weight excluding hydrogens is 440 g/mol. The average molecular weight is 476 g/mol. The number of alkyl halides is 2. The van der Waals surface area contributed by atoms with E-state index in [1.165, 1.54) is 0 Å². The predicted octanol–water partition coefficient (Wildman–Crippen LogP) is 3.36. The van der Waals surface area contributed by atoms with E-state index in [2.05, 4.69) is 27.0 Å². The molecule has 0 bridgehead atoms. The number of hydrogen-bond donors (Lipinski definition) is 1. The average Bonchev–Trinajstić information content (AvgIpc) is 3.17. The van der Waals surface area contributed by atoms with Crippen molar-refractivity contribution in [1.29, 1.82) is 0 Å². The van der Waals surface area contributed by atoms with E-state index in [0.29, 0.717) is 31.0 Å². The molecular formula is C25H35F2N5O2. The molecule has 0 aliphatic carbocycles. The molecule has 1 aromatic heterocycles. The molecule has 3 rings (SSSR count). The first-order chi connectivity index (χ1) is 16.0. The van der Waals surface area contributed by atoms with Gasteiger partial charge in [0.1, 0.15) is 12.5 Å². The lowest BCUT2D eigenvalue weighted by Gasteiger charge is -2.35. The molecule has 2 atom stereocenters. The van der Waals surface area contributed by atoms with E-state index in [-0.39, 0.29) is 12.2 Å². The third-order valence-electron chi connectivity index (χ3n) is 6.36. The highest BCUT2D eigenvalue weighted by atomic mass is 19.3. The fraction of sp³-hybridized carbons (Fsp3) is 0.520. The van der Waals surface area contributed by atoms with Crippen LogP contribution < -0.4 is 5.32 Å². The van der Waals surface area contributed by atoms with Gasteiger partial charge in [-0.25, -0.2) is 8.78 Å². The van der Waals surface area contributed by atoms with Crippen molar-refractivity contribution < 1.29 is 18.3 Å². The molecule has 0 saturated heterocycles. The number of aromatic nitrogens is 1. The number of likely N-dealkylation sites (N-methyl/N-ethyl adjacent to an activating group) is 3. The van der Waals surface area contributed by atoms with Crippen molar-refractivity contribution in [3.8, 4) is 0 Å². The smallest absolute Gasteiger partial charge is 0.278 e. The highest BCUT2D eigenvalue weighted by molar-refractivity contribution is 5.77. The molecule has 1 aromatic rings. The van der Waals surface area contributed by atoms with Crippen LogP contribution in [0.5, 0.6) is 0 Å². The minimum absolute atomic E-state index is 0.0491. The predicted molar refractivity (Wildman–Crippen MR) is 128 cm³/mol. The van der Waals surface area contributed by atoms with Crippen molar-refractivity contribution in [2.75, 3.05) is 34.3 Å². The summed E-state index contributed by atoms with van der Waals surface area (Å²) in [5.74, 6) is -2.41. The molecule has 0 saturated carbocycles. The van der Waals surface area contributed by atoms with Crippen LogP contribution in [0, 0.1) is 0 Å². The van der Waals surface area contributed by atoms with Crippen molar-refractivity contribution in [3.05, 3.63) is 64.6 Å². The molecule has 0 amide bonds. The van der Waals surface area contributed by atoms with Crippen LogP contribution in [-0.4, -0.2) is 78.4 Å². The number of halogens is 2. The molecule has 2 aliphatic rings. The number of nitrogens with zero attached hydrogens (tertiary/aromatic N) is 4. The molecule has 1 N–H and O–H groups in total. The van der Waals surface area contributed by atoms with Gasteiger partial charge in [0.05, 0.1) is 0 Å². The number of pyridine rings is 1. The topological polar surface area (TPSA) is 60.9 Å². The van der Waals surface area contributed by atoms with Crippen LogP contribution in [0.2, 0.25) is 0 Å². The largest absolute Gasteiger partial charge is 0.472 e. The lowest BCUT2D eigenvalue weighted by Crippen LogP contribution is -2.38. The van der Waals surface area contributed by atoms with Crippen molar-refractivity contribution in [2.24, 2.45) is 0 Å². The van der Waals surface area contributed by atoms with Crippen molar-refractivity contribution in [3.63, 3.8) is 0 Å². The van der Waals surface area contributed by atoms with Crippen LogP contribution >= 0.6 is 0 Å². The van der Waals surface area contributed by atoms with Crippen LogP contribution in [0.1, 0.15) is 42.4 Å². The van der Waals surface area contributed by atoms with Gasteiger partial charge in [-0.1, -0.05) is 6.08 Å². The van der Waals surface area contributed by atoms with Gasteiger partial charge in [0, 0.05) is 82.0 Å². The fourth-order valence-electron chi connectivity index (χ4n) is 4.27. The third kappa shape index (κ3) is 6.14. The zero-order valence-electron chi connectivity index (χ0n) is 20.8. The molecule has 34 heavy (non-hydrogen) atoms. The van der Waals surface area contributed by atoms with Crippen LogP contribution in [-0.2, 0) is 17.7 Å². The van der Waals surface area contributed by atoms with Crippen molar-refractivity contribution in [2.45, 2.75) is 51.9 Å². The molecule has 7 nitrogen and oxygen atoms in total. The Hall–Kier alpha value is -2.94. The van der Waals surface area contributed by atoms with Crippen LogP contribution in [0.15, 0.2) is 47.8 Å². The van der Waals surface area contributed by atoms with Crippen LogP contribution in [0.25, 0.3) is 0 Å². The maximum atomic E-state index is 13.3. The van der Waals surface area contributed by atoms with Gasteiger partial charge in [0.25, 0.3) is 5.92 Å². The number of ether oxygens (including phenoxy) is 1. The van der Waals surface area contributed by atoms with Gasteiger partial charge in [0.2, 0.25) is 0 Å². The quantitative estimate of drug-likeness (QED) is 0.521. The Labute approximate surface area is 200 Å². The van der Waals surface area contributed by atoms with E-state index in [1.807, 2.05) is 51.4 Å². The summed E-state index contributed by atoms with van der Waals surface area (Å²) in [5, 5.41) is 3.31. The van der Waals surface area contributed by atoms with Gasteiger partial charge >= 0.3 is 0 Å². The number of aldehydes is 1. The van der Waals surface area contributed by atoms with Crippen LogP contribution in [0.3, 0.4) is 0 Å². The lowest BCUT2D eigenvalue weighted by atomic mass is 9.99. The highest BCUT2D eigenvalue weighted by Gasteiger charge is 2.28. The summed E-state index contributed by atoms with van der Waals surface area (Å²) in [4.78, 5) is 22.5. The molecule has 0 fully saturated rings. The lowest BCUT2D eigenvalue weighted by molar-refractivity contribution is -0.0566. The molecule has 2 aliphatic heterocycles. The molecule has 2 unspecified atom stereocenters. The second-order valence-electron chi connectivity index (χ2n) is 9.32. The van der Waals surface area contributed by atoms with E-state index in [1.54, 1.807) is 12.3 Å². The summed E-state index contributed by atoms with van der Waals surface area (Å²) in [7, 11) is 5.86. The summed E-state index contributed by atoms with van der Waals surface area (Å²) in [5.41, 5.74) is 4.39. The Morgan fingerprint density at radius 3 is 2.74 bits per heavy atom. The first-order valence-corrected chi connectivity index (χ1v) is 11.4. The van der Waals surface area contributed by atoms with Gasteiger partial charge in [-0.2, -0.15) is 0 Å². The van der Waals surface area contributed by atoms with Gasteiger partial charge in [-0.3, -0.25) is 14.7 Å². The Balaban J connectivity index is 1.77. The van der Waals surface area contributed by atoms with Gasteiger partial charge in [0.15, 0.2) is 12.5 Å². The Morgan fingerprint density at radius 2 is 2.15 bits per heavy atom. The zero-order valence-corrected chi connectivity index (χ0v) is 20.8. The Morgan fingerprint density at radius 1 is 1.41 bits per heavy atom. The normalized spacial score (nSPS) is 19.4. The van der Waals surface area contributed by atoms with E-state index in [0.717, 1.165) is 35.6 Å². The number of nitrogens with one attached hydrogen (secondary N) is 1. The van der Waals surface area contributed by atoms with Gasteiger partial charge in [-0.15, -0.1) is 0 Å². The highest BCUT2D eigenvalue weighted by Crippen LogP contribution is 2.27. The fourth-order valence-corrected chi connectivity index (χ4v) is 4.27. The molecule has 0 spiro atoms. The summed E-state index contributed by atoms with van der Waals surface area (Å²) in [6.45, 7) is 5.29. The first-order valence-electron chi connectivity index (χ1n) is 11.4. The van der Waals surface area contributed by atoms with Crippen molar-refractivity contribution >= 4 is 6.29 Å². The number of carbonyl (C=O) groups is 1. The third-order valence-corrected chi connectivity index (χ3v) is 6.36. The molecule has 3 heterocycles. The summed E-state index contributed by atoms with van der Waals surface area (Å²) in [6.07, 6.45) is 9.22. The van der Waals surface area contributed by atoms with E-state index < -0.39 is 12.5 Å². The minimum atomic E-state index is -2.89. The van der Waals surface area contributed by atoms with Gasteiger partial charge in [-0.05, 0) is 38.1 Å². The van der Waals surface area contributed by atoms with E-state index in [4.69, 9.17) is 4.74 Å². The minimum Gasteiger partial charge on any atom is -0.472 e.